The summed E-state index contributed by atoms with van der Waals surface area (Å²) in [6, 6.07) is 16.2. The molecule has 0 spiro atoms. The van der Waals surface area contributed by atoms with E-state index in [1.807, 2.05) is 35.7 Å². The summed E-state index contributed by atoms with van der Waals surface area (Å²) in [6.45, 7) is 0. The van der Waals surface area contributed by atoms with E-state index in [-0.39, 0.29) is 28.1 Å². The molecule has 0 saturated heterocycles. The molecule has 0 aliphatic rings. The molecule has 2 aromatic heterocycles. The maximum Gasteiger partial charge on any atom is 0.270 e. The number of hydrogen-bond donors (Lipinski definition) is 2. The zero-order chi connectivity index (χ0) is 24.8. The quantitative estimate of drug-likeness (QED) is 0.269. The molecule has 1 amide bonds. The second kappa shape index (κ2) is 10.9. The molecule has 4 aromatic rings. The Balaban J connectivity index is 1.44. The van der Waals surface area contributed by atoms with E-state index in [2.05, 4.69) is 20.3 Å². The molecule has 0 unspecified atom stereocenters. The van der Waals surface area contributed by atoms with Gasteiger partial charge in [-0.3, -0.25) is 9.59 Å². The fraction of sp³-hybridized carbons (Fsp3) is 0.125. The SMILES string of the molecule is COc1ccc(-c2csc(NC(=O)CSc3nc(-c4ccc(OC)cc4)c(C#N)c(=O)[nH]3)n2)cc1. The Morgan fingerprint density at radius 1 is 1.06 bits per heavy atom. The molecule has 35 heavy (non-hydrogen) atoms. The van der Waals surface area contributed by atoms with Crippen molar-refractivity contribution >= 4 is 34.1 Å². The lowest BCUT2D eigenvalue weighted by Crippen LogP contribution is -2.17. The van der Waals surface area contributed by atoms with E-state index in [0.29, 0.717) is 16.4 Å². The van der Waals surface area contributed by atoms with Gasteiger partial charge in [-0.2, -0.15) is 5.26 Å². The summed E-state index contributed by atoms with van der Waals surface area (Å²) in [4.78, 5) is 36.3. The smallest absolute Gasteiger partial charge is 0.270 e. The third kappa shape index (κ3) is 5.68. The molecule has 0 aliphatic carbocycles. The molecule has 11 heteroatoms. The number of anilines is 1. The Bertz CT molecular complexity index is 1440. The number of aromatic nitrogens is 3. The van der Waals surface area contributed by atoms with Crippen LogP contribution in [0.25, 0.3) is 22.5 Å². The van der Waals surface area contributed by atoms with Crippen LogP contribution in [-0.4, -0.2) is 40.8 Å². The number of thiazole rings is 1. The third-order valence-electron chi connectivity index (χ3n) is 4.85. The van der Waals surface area contributed by atoms with Crippen molar-refractivity contribution in [3.05, 3.63) is 69.8 Å². The first-order valence-electron chi connectivity index (χ1n) is 10.2. The molecular weight excluding hydrogens is 486 g/mol. The number of amides is 1. The standard InChI is InChI=1S/C24H19N5O4S2/c1-32-16-7-3-14(4-8-16)19-12-34-23(26-19)27-20(30)13-35-24-28-21(18(11-25)22(31)29-24)15-5-9-17(33-2)10-6-15/h3-10,12H,13H2,1-2H3,(H,26,27,30)(H,28,29,31). The predicted molar refractivity (Wildman–Crippen MR) is 135 cm³/mol. The molecule has 0 bridgehead atoms. The zero-order valence-corrected chi connectivity index (χ0v) is 20.3. The Morgan fingerprint density at radius 2 is 1.69 bits per heavy atom. The van der Waals surface area contributed by atoms with Gasteiger partial charge in [0.25, 0.3) is 5.56 Å². The lowest BCUT2D eigenvalue weighted by Gasteiger charge is -2.07. The number of nitriles is 1. The number of carbonyl (C=O) groups excluding carboxylic acids is 1. The number of benzene rings is 2. The molecular formula is C24H19N5O4S2. The van der Waals surface area contributed by atoms with Gasteiger partial charge in [-0.05, 0) is 48.5 Å². The van der Waals surface area contributed by atoms with Crippen LogP contribution >= 0.6 is 23.1 Å². The first kappa shape index (κ1) is 24.0. The highest BCUT2D eigenvalue weighted by atomic mass is 32.2. The summed E-state index contributed by atoms with van der Waals surface area (Å²) >= 11 is 2.37. The van der Waals surface area contributed by atoms with Gasteiger partial charge in [0.2, 0.25) is 5.91 Å². The van der Waals surface area contributed by atoms with Gasteiger partial charge in [0.15, 0.2) is 10.3 Å². The molecule has 176 valence electrons. The molecule has 2 aromatic carbocycles. The van der Waals surface area contributed by atoms with Crippen LogP contribution in [0.4, 0.5) is 5.13 Å². The minimum atomic E-state index is -0.569. The van der Waals surface area contributed by atoms with E-state index in [0.717, 1.165) is 28.8 Å². The van der Waals surface area contributed by atoms with E-state index in [9.17, 15) is 14.9 Å². The van der Waals surface area contributed by atoms with Crippen molar-refractivity contribution in [1.29, 1.82) is 5.26 Å². The predicted octanol–water partition coefficient (Wildman–Crippen LogP) is 4.18. The van der Waals surface area contributed by atoms with Crippen LogP contribution in [0.3, 0.4) is 0 Å². The Labute approximate surface area is 208 Å². The van der Waals surface area contributed by atoms with Crippen molar-refractivity contribution in [1.82, 2.24) is 15.0 Å². The topological polar surface area (TPSA) is 130 Å². The van der Waals surface area contributed by atoms with E-state index in [4.69, 9.17) is 9.47 Å². The summed E-state index contributed by atoms with van der Waals surface area (Å²) in [7, 11) is 3.15. The van der Waals surface area contributed by atoms with Gasteiger partial charge in [-0.15, -0.1) is 11.3 Å². The molecule has 4 rings (SSSR count). The second-order valence-corrected chi connectivity index (χ2v) is 8.86. The summed E-state index contributed by atoms with van der Waals surface area (Å²) in [5, 5.41) is 14.7. The third-order valence-corrected chi connectivity index (χ3v) is 6.48. The number of aromatic amines is 1. The van der Waals surface area contributed by atoms with Gasteiger partial charge in [0.1, 0.15) is 23.1 Å². The summed E-state index contributed by atoms with van der Waals surface area (Å²) in [5.41, 5.74) is 1.81. The van der Waals surface area contributed by atoms with Gasteiger partial charge in [-0.1, -0.05) is 11.8 Å². The number of hydrogen-bond acceptors (Lipinski definition) is 9. The van der Waals surface area contributed by atoms with Crippen molar-refractivity contribution in [3.63, 3.8) is 0 Å². The number of ether oxygens (including phenoxy) is 2. The lowest BCUT2D eigenvalue weighted by atomic mass is 10.1. The number of rotatable bonds is 8. The van der Waals surface area contributed by atoms with E-state index in [1.54, 1.807) is 38.5 Å². The summed E-state index contributed by atoms with van der Waals surface area (Å²) in [6.07, 6.45) is 0. The molecule has 2 N–H and O–H groups in total. The van der Waals surface area contributed by atoms with Crippen LogP contribution < -0.4 is 20.3 Å². The highest BCUT2D eigenvalue weighted by molar-refractivity contribution is 7.99. The number of nitrogens with one attached hydrogen (secondary N) is 2. The van der Waals surface area contributed by atoms with Gasteiger partial charge >= 0.3 is 0 Å². The molecule has 0 radical (unpaired) electrons. The van der Waals surface area contributed by atoms with Crippen LogP contribution in [0.15, 0.2) is 63.9 Å². The fourth-order valence-electron chi connectivity index (χ4n) is 3.10. The molecule has 9 nitrogen and oxygen atoms in total. The number of H-pyrrole nitrogens is 1. The first-order valence-corrected chi connectivity index (χ1v) is 12.1. The Morgan fingerprint density at radius 3 is 2.29 bits per heavy atom. The number of carbonyl (C=O) groups is 1. The molecule has 0 saturated carbocycles. The molecule has 2 heterocycles. The molecule has 0 fully saturated rings. The van der Waals surface area contributed by atoms with Crippen molar-refractivity contribution < 1.29 is 14.3 Å². The number of nitrogens with zero attached hydrogens (tertiary/aromatic N) is 3. The number of thioether (sulfide) groups is 1. The average molecular weight is 506 g/mol. The minimum absolute atomic E-state index is 0.00561. The minimum Gasteiger partial charge on any atom is -0.497 e. The van der Waals surface area contributed by atoms with E-state index in [1.165, 1.54) is 11.3 Å². The second-order valence-electron chi connectivity index (χ2n) is 7.04. The van der Waals surface area contributed by atoms with Crippen LogP contribution in [0.1, 0.15) is 5.56 Å². The van der Waals surface area contributed by atoms with Gasteiger partial charge in [0, 0.05) is 16.5 Å². The van der Waals surface area contributed by atoms with Crippen LogP contribution in [0.2, 0.25) is 0 Å². The lowest BCUT2D eigenvalue weighted by molar-refractivity contribution is -0.113. The Kier molecular flexibility index (Phi) is 7.45. The maximum atomic E-state index is 12.5. The van der Waals surface area contributed by atoms with E-state index >= 15 is 0 Å². The van der Waals surface area contributed by atoms with Crippen molar-refractivity contribution in [2.75, 3.05) is 25.3 Å². The van der Waals surface area contributed by atoms with Crippen molar-refractivity contribution in [3.8, 4) is 40.1 Å². The molecule has 0 atom stereocenters. The maximum absolute atomic E-state index is 12.5. The van der Waals surface area contributed by atoms with Crippen LogP contribution in [0, 0.1) is 11.3 Å². The fourth-order valence-corrected chi connectivity index (χ4v) is 4.49. The van der Waals surface area contributed by atoms with E-state index < -0.39 is 5.56 Å². The highest BCUT2D eigenvalue weighted by Gasteiger charge is 2.15. The van der Waals surface area contributed by atoms with Gasteiger partial charge < -0.3 is 19.8 Å². The van der Waals surface area contributed by atoms with Crippen LogP contribution in [-0.2, 0) is 4.79 Å². The highest BCUT2D eigenvalue weighted by Crippen LogP contribution is 2.27. The normalized spacial score (nSPS) is 10.4. The monoisotopic (exact) mass is 505 g/mol. The van der Waals surface area contributed by atoms with Crippen molar-refractivity contribution in [2.45, 2.75) is 5.16 Å². The Hall–Kier alpha value is -4.14. The summed E-state index contributed by atoms with van der Waals surface area (Å²) in [5.74, 6) is 1.08. The first-order chi connectivity index (χ1) is 17.0. The molecule has 0 aliphatic heterocycles. The van der Waals surface area contributed by atoms with Crippen molar-refractivity contribution in [2.24, 2.45) is 0 Å². The van der Waals surface area contributed by atoms with Gasteiger partial charge in [-0.25, -0.2) is 9.97 Å². The number of methoxy groups -OCH3 is 2. The van der Waals surface area contributed by atoms with Gasteiger partial charge in [0.05, 0.1) is 31.4 Å². The summed E-state index contributed by atoms with van der Waals surface area (Å²) < 4.78 is 10.3. The van der Waals surface area contributed by atoms with Crippen LogP contribution in [0.5, 0.6) is 11.5 Å². The zero-order valence-electron chi connectivity index (χ0n) is 18.7. The largest absolute Gasteiger partial charge is 0.497 e. The average Bonchev–Trinajstić information content (AvgIpc) is 3.35.